The number of hydrogen-bond donors (Lipinski definition) is 2. The Morgan fingerprint density at radius 1 is 1.22 bits per heavy atom. The number of nitrogens with zero attached hydrogens (tertiary/aromatic N) is 3. The van der Waals surface area contributed by atoms with Gasteiger partial charge in [-0.2, -0.15) is 5.10 Å². The van der Waals surface area contributed by atoms with Crippen molar-refractivity contribution in [1.29, 1.82) is 0 Å². The van der Waals surface area contributed by atoms with E-state index in [0.29, 0.717) is 5.69 Å². The number of aromatic nitrogens is 3. The molecule has 0 aromatic carbocycles. The number of sulfonamides is 1. The maximum absolute atomic E-state index is 12.1. The van der Waals surface area contributed by atoms with Crippen molar-refractivity contribution in [3.05, 3.63) is 36.8 Å². The molecule has 0 saturated heterocycles. The molecule has 2 heterocycles. The van der Waals surface area contributed by atoms with Crippen LogP contribution in [-0.4, -0.2) is 30.6 Å². The quantitative estimate of drug-likeness (QED) is 0.845. The molecule has 0 aliphatic heterocycles. The summed E-state index contributed by atoms with van der Waals surface area (Å²) in [5.74, 6) is 0.156. The van der Waals surface area contributed by atoms with Crippen LogP contribution in [0.5, 0.6) is 0 Å². The topological polar surface area (TPSA) is 96.9 Å². The fourth-order valence-corrected chi connectivity index (χ4v) is 2.50. The van der Waals surface area contributed by atoms with Crippen molar-refractivity contribution in [2.45, 2.75) is 4.90 Å². The Labute approximate surface area is 104 Å². The van der Waals surface area contributed by atoms with Gasteiger partial charge in [-0.3, -0.25) is 9.71 Å². The summed E-state index contributed by atoms with van der Waals surface area (Å²) in [5, 5.41) is 10.1. The van der Waals surface area contributed by atoms with Crippen LogP contribution >= 0.6 is 0 Å². The molecule has 2 rings (SSSR count). The van der Waals surface area contributed by atoms with Gasteiger partial charge in [0, 0.05) is 25.6 Å². The minimum absolute atomic E-state index is 0.0538. The molecule has 0 aliphatic carbocycles. The summed E-state index contributed by atoms with van der Waals surface area (Å²) in [6, 6.07) is 4.68. The highest BCUT2D eigenvalue weighted by molar-refractivity contribution is 7.92. The molecule has 0 amide bonds. The Morgan fingerprint density at radius 3 is 2.72 bits per heavy atom. The van der Waals surface area contributed by atoms with E-state index in [9.17, 15) is 8.42 Å². The summed E-state index contributed by atoms with van der Waals surface area (Å²) in [6.07, 6.45) is 4.23. The number of nitrogens with one attached hydrogen (secondary N) is 2. The van der Waals surface area contributed by atoms with Crippen LogP contribution in [0.1, 0.15) is 0 Å². The van der Waals surface area contributed by atoms with Crippen LogP contribution in [0.15, 0.2) is 41.7 Å². The highest BCUT2D eigenvalue weighted by atomic mass is 32.2. The summed E-state index contributed by atoms with van der Waals surface area (Å²) < 4.78 is 26.6. The summed E-state index contributed by atoms with van der Waals surface area (Å²) in [4.78, 5) is 3.86. The molecule has 0 fully saturated rings. The van der Waals surface area contributed by atoms with E-state index in [1.54, 1.807) is 19.2 Å². The predicted molar refractivity (Wildman–Crippen MR) is 66.6 cm³/mol. The van der Waals surface area contributed by atoms with E-state index in [1.807, 2.05) is 0 Å². The molecule has 0 unspecified atom stereocenters. The van der Waals surface area contributed by atoms with Gasteiger partial charge in [-0.25, -0.2) is 8.42 Å². The fourth-order valence-electron chi connectivity index (χ4n) is 1.35. The van der Waals surface area contributed by atoms with E-state index in [4.69, 9.17) is 0 Å². The lowest BCUT2D eigenvalue weighted by atomic mass is 10.4. The summed E-state index contributed by atoms with van der Waals surface area (Å²) in [5.41, 5.74) is 0.460. The Morgan fingerprint density at radius 2 is 2.06 bits per heavy atom. The minimum atomic E-state index is -3.73. The maximum atomic E-state index is 12.1. The molecule has 2 aromatic rings. The van der Waals surface area contributed by atoms with Crippen molar-refractivity contribution in [2.24, 2.45) is 0 Å². The van der Waals surface area contributed by atoms with Crippen molar-refractivity contribution < 1.29 is 8.42 Å². The van der Waals surface area contributed by atoms with Gasteiger partial charge < -0.3 is 5.32 Å². The Hall–Kier alpha value is -2.22. The molecule has 0 radical (unpaired) electrons. The molecule has 18 heavy (non-hydrogen) atoms. The summed E-state index contributed by atoms with van der Waals surface area (Å²) in [7, 11) is -2.10. The van der Waals surface area contributed by atoms with E-state index in [1.165, 1.54) is 24.7 Å². The lowest BCUT2D eigenvalue weighted by molar-refractivity contribution is 0.601. The Kier molecular flexibility index (Phi) is 3.38. The second kappa shape index (κ2) is 4.96. The van der Waals surface area contributed by atoms with E-state index in [-0.39, 0.29) is 10.7 Å². The SMILES string of the molecule is CNc1ccncc1S(=O)(=O)Nc1cccnn1. The average Bonchev–Trinajstić information content (AvgIpc) is 2.39. The van der Waals surface area contributed by atoms with Crippen LogP contribution in [-0.2, 0) is 10.0 Å². The van der Waals surface area contributed by atoms with E-state index < -0.39 is 10.0 Å². The largest absolute Gasteiger partial charge is 0.387 e. The number of anilines is 2. The van der Waals surface area contributed by atoms with Gasteiger partial charge >= 0.3 is 0 Å². The van der Waals surface area contributed by atoms with Crippen LogP contribution in [0.25, 0.3) is 0 Å². The van der Waals surface area contributed by atoms with Crippen molar-refractivity contribution in [2.75, 3.05) is 17.1 Å². The highest BCUT2D eigenvalue weighted by Crippen LogP contribution is 2.20. The number of pyridine rings is 1. The first kappa shape index (κ1) is 12.2. The molecule has 0 bridgehead atoms. The summed E-state index contributed by atoms with van der Waals surface area (Å²) >= 11 is 0. The smallest absolute Gasteiger partial charge is 0.266 e. The van der Waals surface area contributed by atoms with Gasteiger partial charge in [0.1, 0.15) is 4.90 Å². The first-order valence-corrected chi connectivity index (χ1v) is 6.54. The fraction of sp³-hybridized carbons (Fsp3) is 0.100. The van der Waals surface area contributed by atoms with Crippen molar-refractivity contribution in [3.63, 3.8) is 0 Å². The predicted octanol–water partition coefficient (Wildman–Crippen LogP) is 0.714. The van der Waals surface area contributed by atoms with Gasteiger partial charge in [-0.1, -0.05) is 0 Å². The molecule has 0 aliphatic rings. The Balaban J connectivity index is 2.37. The van der Waals surface area contributed by atoms with Gasteiger partial charge in [0.2, 0.25) is 0 Å². The van der Waals surface area contributed by atoms with Gasteiger partial charge in [-0.05, 0) is 18.2 Å². The van der Waals surface area contributed by atoms with Gasteiger partial charge in [0.05, 0.1) is 5.69 Å². The van der Waals surface area contributed by atoms with Crippen molar-refractivity contribution in [3.8, 4) is 0 Å². The third-order valence-electron chi connectivity index (χ3n) is 2.15. The normalized spacial score (nSPS) is 10.9. The van der Waals surface area contributed by atoms with Gasteiger partial charge in [0.15, 0.2) is 5.82 Å². The molecule has 2 N–H and O–H groups in total. The number of hydrogen-bond acceptors (Lipinski definition) is 6. The summed E-state index contributed by atoms with van der Waals surface area (Å²) in [6.45, 7) is 0. The Bertz CT molecular complexity index is 630. The third kappa shape index (κ3) is 2.54. The molecule has 8 heteroatoms. The number of rotatable bonds is 4. The van der Waals surface area contributed by atoms with E-state index >= 15 is 0 Å². The van der Waals surface area contributed by atoms with E-state index in [0.717, 1.165) is 0 Å². The zero-order chi connectivity index (χ0) is 13.0. The molecular formula is C10H11N5O2S. The molecule has 0 atom stereocenters. The van der Waals surface area contributed by atoms with Gasteiger partial charge in [-0.15, -0.1) is 5.10 Å². The standard InChI is InChI=1S/C10H11N5O2S/c1-11-8-4-6-12-7-9(8)18(16,17)15-10-3-2-5-13-14-10/h2-7H,1H3,(H,11,12)(H,14,15). The van der Waals surface area contributed by atoms with Crippen LogP contribution in [0, 0.1) is 0 Å². The minimum Gasteiger partial charge on any atom is -0.387 e. The van der Waals surface area contributed by atoms with Crippen LogP contribution in [0.4, 0.5) is 11.5 Å². The molecule has 94 valence electrons. The molecule has 7 nitrogen and oxygen atoms in total. The van der Waals surface area contributed by atoms with Gasteiger partial charge in [0.25, 0.3) is 10.0 Å². The highest BCUT2D eigenvalue weighted by Gasteiger charge is 2.18. The van der Waals surface area contributed by atoms with Crippen LogP contribution < -0.4 is 10.0 Å². The van der Waals surface area contributed by atoms with Crippen molar-refractivity contribution >= 4 is 21.5 Å². The molecule has 2 aromatic heterocycles. The first-order chi connectivity index (χ1) is 8.63. The zero-order valence-electron chi connectivity index (χ0n) is 9.53. The van der Waals surface area contributed by atoms with Crippen LogP contribution in [0.3, 0.4) is 0 Å². The molecule has 0 spiro atoms. The zero-order valence-corrected chi connectivity index (χ0v) is 10.3. The van der Waals surface area contributed by atoms with E-state index in [2.05, 4.69) is 25.2 Å². The van der Waals surface area contributed by atoms with Crippen molar-refractivity contribution in [1.82, 2.24) is 15.2 Å². The monoisotopic (exact) mass is 265 g/mol. The average molecular weight is 265 g/mol. The lowest BCUT2D eigenvalue weighted by Gasteiger charge is -2.10. The maximum Gasteiger partial charge on any atom is 0.266 e. The van der Waals surface area contributed by atoms with Crippen LogP contribution in [0.2, 0.25) is 0 Å². The second-order valence-electron chi connectivity index (χ2n) is 3.34. The molecule has 0 saturated carbocycles. The second-order valence-corrected chi connectivity index (χ2v) is 4.99. The first-order valence-electron chi connectivity index (χ1n) is 5.06. The molecular weight excluding hydrogens is 254 g/mol. The third-order valence-corrected chi connectivity index (χ3v) is 3.54. The lowest BCUT2D eigenvalue weighted by Crippen LogP contribution is -2.16.